The molecular formula is C15H14BrNO3. The first-order valence-corrected chi connectivity index (χ1v) is 6.79. The molecule has 2 aromatic rings. The highest BCUT2D eigenvalue weighted by Crippen LogP contribution is 2.22. The maximum atomic E-state index is 11.2. The van der Waals surface area contributed by atoms with Gasteiger partial charge >= 0.3 is 5.97 Å². The van der Waals surface area contributed by atoms with Crippen molar-refractivity contribution in [2.45, 2.75) is 6.54 Å². The number of halogens is 1. The first kappa shape index (κ1) is 14.4. The molecule has 0 aromatic heterocycles. The topological polar surface area (TPSA) is 58.6 Å². The maximum absolute atomic E-state index is 11.2. The summed E-state index contributed by atoms with van der Waals surface area (Å²) >= 11 is 3.27. The van der Waals surface area contributed by atoms with Gasteiger partial charge in [0, 0.05) is 16.7 Å². The molecule has 2 aromatic carbocycles. The number of carboxylic acid groups (broad SMARTS) is 1. The van der Waals surface area contributed by atoms with Gasteiger partial charge in [0.1, 0.15) is 5.75 Å². The molecule has 5 heteroatoms. The summed E-state index contributed by atoms with van der Waals surface area (Å²) in [6, 6.07) is 12.8. The Bertz CT molecular complexity index is 611. The number of nitrogens with one attached hydrogen (secondary N) is 1. The second kappa shape index (κ2) is 6.43. The summed E-state index contributed by atoms with van der Waals surface area (Å²) in [5.41, 5.74) is 1.88. The Hall–Kier alpha value is -2.01. The largest absolute Gasteiger partial charge is 0.497 e. The number of carbonyl (C=O) groups is 1. The van der Waals surface area contributed by atoms with Gasteiger partial charge in [-0.05, 0) is 35.9 Å². The number of ether oxygens (including phenoxy) is 1. The van der Waals surface area contributed by atoms with E-state index >= 15 is 0 Å². The lowest BCUT2D eigenvalue weighted by atomic mass is 10.1. The van der Waals surface area contributed by atoms with Gasteiger partial charge < -0.3 is 15.2 Å². The Morgan fingerprint density at radius 3 is 2.55 bits per heavy atom. The molecule has 0 amide bonds. The van der Waals surface area contributed by atoms with Crippen molar-refractivity contribution in [3.05, 3.63) is 58.1 Å². The summed E-state index contributed by atoms with van der Waals surface area (Å²) in [5, 5.41) is 12.3. The number of rotatable bonds is 5. The zero-order chi connectivity index (χ0) is 14.5. The van der Waals surface area contributed by atoms with Crippen molar-refractivity contribution in [1.82, 2.24) is 0 Å². The first-order valence-electron chi connectivity index (χ1n) is 6.00. The summed E-state index contributed by atoms with van der Waals surface area (Å²) in [6.45, 7) is 0.548. The molecule has 0 saturated heterocycles. The van der Waals surface area contributed by atoms with Crippen LogP contribution in [0.15, 0.2) is 46.9 Å². The van der Waals surface area contributed by atoms with Crippen LogP contribution in [0.2, 0.25) is 0 Å². The molecule has 0 aliphatic heterocycles. The van der Waals surface area contributed by atoms with Crippen molar-refractivity contribution in [2.24, 2.45) is 0 Å². The minimum Gasteiger partial charge on any atom is -0.497 e. The molecule has 2 N–H and O–H groups in total. The molecule has 0 fully saturated rings. The highest BCUT2D eigenvalue weighted by molar-refractivity contribution is 9.10. The Morgan fingerprint density at radius 1 is 1.25 bits per heavy atom. The fourth-order valence-corrected chi connectivity index (χ4v) is 2.15. The first-order chi connectivity index (χ1) is 9.60. The number of anilines is 1. The van der Waals surface area contributed by atoms with Crippen molar-refractivity contribution < 1.29 is 14.6 Å². The van der Waals surface area contributed by atoms with Crippen molar-refractivity contribution >= 4 is 27.6 Å². The van der Waals surface area contributed by atoms with E-state index in [4.69, 9.17) is 4.74 Å². The normalized spacial score (nSPS) is 10.1. The third kappa shape index (κ3) is 3.51. The third-order valence-corrected chi connectivity index (χ3v) is 3.35. The van der Waals surface area contributed by atoms with Crippen molar-refractivity contribution in [1.29, 1.82) is 0 Å². The van der Waals surface area contributed by atoms with E-state index < -0.39 is 5.97 Å². The van der Waals surface area contributed by atoms with E-state index in [-0.39, 0.29) is 5.56 Å². The van der Waals surface area contributed by atoms with Gasteiger partial charge in [0.15, 0.2) is 0 Å². The molecule has 0 aliphatic carbocycles. The van der Waals surface area contributed by atoms with Gasteiger partial charge in [0.25, 0.3) is 0 Å². The lowest BCUT2D eigenvalue weighted by Gasteiger charge is -2.10. The Labute approximate surface area is 125 Å². The molecule has 0 saturated carbocycles. The van der Waals surface area contributed by atoms with Crippen LogP contribution in [0.25, 0.3) is 0 Å². The Kier molecular flexibility index (Phi) is 4.63. The average molecular weight is 336 g/mol. The molecule has 0 radical (unpaired) electrons. The van der Waals surface area contributed by atoms with Crippen LogP contribution < -0.4 is 10.1 Å². The van der Waals surface area contributed by atoms with Gasteiger partial charge in [-0.2, -0.15) is 0 Å². The van der Waals surface area contributed by atoms with Crippen LogP contribution in [-0.2, 0) is 6.54 Å². The molecule has 0 unspecified atom stereocenters. The van der Waals surface area contributed by atoms with Crippen LogP contribution in [-0.4, -0.2) is 18.2 Å². The smallest absolute Gasteiger partial charge is 0.337 e. The van der Waals surface area contributed by atoms with Gasteiger partial charge in [-0.15, -0.1) is 0 Å². The number of benzene rings is 2. The lowest BCUT2D eigenvalue weighted by molar-refractivity contribution is 0.0698. The molecule has 0 heterocycles. The number of hydrogen-bond donors (Lipinski definition) is 2. The molecule has 104 valence electrons. The fourth-order valence-electron chi connectivity index (χ4n) is 1.79. The summed E-state index contributed by atoms with van der Waals surface area (Å²) in [6.07, 6.45) is 0. The lowest BCUT2D eigenvalue weighted by Crippen LogP contribution is -2.06. The van der Waals surface area contributed by atoms with Crippen LogP contribution in [0.4, 0.5) is 5.69 Å². The van der Waals surface area contributed by atoms with Crippen LogP contribution in [0.5, 0.6) is 5.75 Å². The molecule has 0 spiro atoms. The molecular weight excluding hydrogens is 322 g/mol. The van der Waals surface area contributed by atoms with Crippen molar-refractivity contribution in [3.8, 4) is 5.75 Å². The minimum atomic E-state index is -0.955. The number of carboxylic acids is 1. The van der Waals surface area contributed by atoms with Crippen molar-refractivity contribution in [3.63, 3.8) is 0 Å². The zero-order valence-electron chi connectivity index (χ0n) is 10.9. The SMILES string of the molecule is COc1ccc(CNc2ccc(Br)cc2C(=O)O)cc1. The fraction of sp³-hybridized carbons (Fsp3) is 0.133. The van der Waals surface area contributed by atoms with E-state index in [1.54, 1.807) is 19.2 Å². The number of methoxy groups -OCH3 is 1. The van der Waals surface area contributed by atoms with E-state index in [1.807, 2.05) is 30.3 Å². The van der Waals surface area contributed by atoms with E-state index in [0.29, 0.717) is 12.2 Å². The summed E-state index contributed by atoms with van der Waals surface area (Å²) in [7, 11) is 1.62. The third-order valence-electron chi connectivity index (χ3n) is 2.85. The number of hydrogen-bond acceptors (Lipinski definition) is 3. The quantitative estimate of drug-likeness (QED) is 0.873. The summed E-state index contributed by atoms with van der Waals surface area (Å²) < 4.78 is 5.83. The maximum Gasteiger partial charge on any atom is 0.337 e. The van der Waals surface area contributed by atoms with Crippen molar-refractivity contribution in [2.75, 3.05) is 12.4 Å². The Balaban J connectivity index is 2.12. The van der Waals surface area contributed by atoms with E-state index in [1.165, 1.54) is 0 Å². The van der Waals surface area contributed by atoms with Gasteiger partial charge in [-0.1, -0.05) is 28.1 Å². The summed E-state index contributed by atoms with van der Waals surface area (Å²) in [5.74, 6) is -0.160. The highest BCUT2D eigenvalue weighted by atomic mass is 79.9. The van der Waals surface area contributed by atoms with Crippen LogP contribution in [0, 0.1) is 0 Å². The number of aromatic carboxylic acids is 1. The molecule has 0 atom stereocenters. The van der Waals surface area contributed by atoms with Gasteiger partial charge in [0.05, 0.1) is 12.7 Å². The van der Waals surface area contributed by atoms with Crippen LogP contribution >= 0.6 is 15.9 Å². The van der Waals surface area contributed by atoms with Gasteiger partial charge in [-0.3, -0.25) is 0 Å². The van der Waals surface area contributed by atoms with E-state index in [9.17, 15) is 9.90 Å². The zero-order valence-corrected chi connectivity index (χ0v) is 12.5. The molecule has 20 heavy (non-hydrogen) atoms. The second-order valence-electron chi connectivity index (χ2n) is 4.20. The standard InChI is InChI=1S/C15H14BrNO3/c1-20-12-5-2-10(3-6-12)9-17-14-7-4-11(16)8-13(14)15(18)19/h2-8,17H,9H2,1H3,(H,18,19). The summed E-state index contributed by atoms with van der Waals surface area (Å²) in [4.78, 5) is 11.2. The van der Waals surface area contributed by atoms with Crippen LogP contribution in [0.1, 0.15) is 15.9 Å². The minimum absolute atomic E-state index is 0.243. The van der Waals surface area contributed by atoms with E-state index in [0.717, 1.165) is 15.8 Å². The Morgan fingerprint density at radius 2 is 1.95 bits per heavy atom. The second-order valence-corrected chi connectivity index (χ2v) is 5.11. The van der Waals surface area contributed by atoms with Crippen LogP contribution in [0.3, 0.4) is 0 Å². The molecule has 0 bridgehead atoms. The highest BCUT2D eigenvalue weighted by Gasteiger charge is 2.10. The van der Waals surface area contributed by atoms with Gasteiger partial charge in [0.2, 0.25) is 0 Å². The predicted molar refractivity (Wildman–Crippen MR) is 81.4 cm³/mol. The molecule has 4 nitrogen and oxygen atoms in total. The predicted octanol–water partition coefficient (Wildman–Crippen LogP) is 3.77. The average Bonchev–Trinajstić information content (AvgIpc) is 2.46. The molecule has 2 rings (SSSR count). The van der Waals surface area contributed by atoms with Gasteiger partial charge in [-0.25, -0.2) is 4.79 Å². The molecule has 0 aliphatic rings. The monoisotopic (exact) mass is 335 g/mol. The van der Waals surface area contributed by atoms with E-state index in [2.05, 4.69) is 21.2 Å².